The monoisotopic (exact) mass is 602 g/mol. The number of rotatable bonds is 25. The van der Waals surface area contributed by atoms with Crippen LogP contribution in [0.25, 0.3) is 0 Å². The maximum absolute atomic E-state index is 12.4. The van der Waals surface area contributed by atoms with Crippen LogP contribution in [-0.2, 0) is 44.6 Å². The van der Waals surface area contributed by atoms with E-state index in [1.54, 1.807) is 64.0 Å². The molecule has 0 fully saturated rings. The van der Waals surface area contributed by atoms with Crippen LogP contribution >= 0.6 is 0 Å². The minimum atomic E-state index is -2.68. The van der Waals surface area contributed by atoms with Crippen LogP contribution in [0.4, 0.5) is 0 Å². The summed E-state index contributed by atoms with van der Waals surface area (Å²) in [7, 11) is 4.89. The largest absolute Gasteiger partial charge is 0.500 e. The van der Waals surface area contributed by atoms with Gasteiger partial charge in [-0.3, -0.25) is 4.79 Å². The van der Waals surface area contributed by atoms with Crippen molar-refractivity contribution in [3.8, 4) is 0 Å². The molecule has 14 heteroatoms. The smallest absolute Gasteiger partial charge is 0.377 e. The van der Waals surface area contributed by atoms with Crippen molar-refractivity contribution in [2.24, 2.45) is 0 Å². The second-order valence-electron chi connectivity index (χ2n) is 9.34. The number of ketones is 1. The fourth-order valence-electron chi connectivity index (χ4n) is 5.04. The summed E-state index contributed by atoms with van der Waals surface area (Å²) in [6.45, 7) is 1.94. The molecule has 0 aromatic heterocycles. The second-order valence-corrected chi connectivity index (χ2v) is 23.6. The third-order valence-corrected chi connectivity index (χ3v) is 21.7. The first-order valence-corrected chi connectivity index (χ1v) is 21.7. The van der Waals surface area contributed by atoms with Crippen LogP contribution in [-0.4, -0.2) is 104 Å². The van der Waals surface area contributed by atoms with Gasteiger partial charge in [-0.25, -0.2) is 0 Å². The van der Waals surface area contributed by atoms with Gasteiger partial charge in [-0.1, -0.05) is 50.4 Å². The third-order valence-electron chi connectivity index (χ3n) is 7.70. The third kappa shape index (κ3) is 12.1. The van der Waals surface area contributed by atoms with Crippen molar-refractivity contribution in [1.82, 2.24) is 0 Å². The lowest BCUT2D eigenvalue weighted by atomic mass is 10.2. The number of carbonyl (C=O) groups is 1. The predicted molar refractivity (Wildman–Crippen MR) is 154 cm³/mol. The van der Waals surface area contributed by atoms with Gasteiger partial charge in [0.05, 0.1) is 8.07 Å². The van der Waals surface area contributed by atoms with Gasteiger partial charge in [0, 0.05) is 95.0 Å². The molecule has 0 unspecified atom stereocenters. The quantitative estimate of drug-likeness (QED) is 0.138. The second kappa shape index (κ2) is 19.3. The van der Waals surface area contributed by atoms with Gasteiger partial charge in [0.25, 0.3) is 0 Å². The van der Waals surface area contributed by atoms with Gasteiger partial charge in [-0.05, 0) is 0 Å². The fourth-order valence-corrected chi connectivity index (χ4v) is 16.4. The van der Waals surface area contributed by atoms with Gasteiger partial charge >= 0.3 is 26.4 Å². The highest BCUT2D eigenvalue weighted by molar-refractivity contribution is 6.80. The zero-order valence-electron chi connectivity index (χ0n) is 25.1. The van der Waals surface area contributed by atoms with E-state index in [1.165, 1.54) is 0 Å². The van der Waals surface area contributed by atoms with Gasteiger partial charge in [0.15, 0.2) is 0 Å². The van der Waals surface area contributed by atoms with Gasteiger partial charge in [-0.2, -0.15) is 0 Å². The van der Waals surface area contributed by atoms with Crippen molar-refractivity contribution in [3.05, 3.63) is 0 Å². The number of carbonyl (C=O) groups excluding carboxylic acids is 1. The van der Waals surface area contributed by atoms with E-state index in [-0.39, 0.29) is 0 Å². The van der Waals surface area contributed by atoms with E-state index in [1.807, 2.05) is 6.92 Å². The van der Waals surface area contributed by atoms with Gasteiger partial charge < -0.3 is 39.8 Å². The summed E-state index contributed by atoms with van der Waals surface area (Å²) in [6, 6.07) is 6.34. The van der Waals surface area contributed by atoms with Crippen LogP contribution in [0.5, 0.6) is 0 Å². The number of hydrogen-bond donors (Lipinski definition) is 0. The van der Waals surface area contributed by atoms with Crippen LogP contribution in [0, 0.1) is 0 Å². The SMILES string of the molecule is CCC(=O)CC[Si](CCC[Si](OC)(OC)OC)(CCC[Si](OC)(OC)OC)CCC[Si](OC)(OC)OC. The molecule has 37 heavy (non-hydrogen) atoms. The summed E-state index contributed by atoms with van der Waals surface area (Å²) in [5.41, 5.74) is 0. The van der Waals surface area contributed by atoms with Crippen LogP contribution in [0.3, 0.4) is 0 Å². The van der Waals surface area contributed by atoms with E-state index < -0.39 is 34.5 Å². The lowest BCUT2D eigenvalue weighted by Crippen LogP contribution is -2.45. The standard InChI is InChI=1S/C23H54O10Si4/c1-11-23(24)15-22-34(16-12-19-35(25-2,26-3)27-4,17-13-20-36(28-5,29-6)30-7)18-14-21-37(31-8,32-9)33-10/h11-22H2,1-10H3. The van der Waals surface area contributed by atoms with Crippen molar-refractivity contribution in [1.29, 1.82) is 0 Å². The molecule has 0 rings (SSSR count). The minimum absolute atomic E-state index is 0.315. The Morgan fingerprint density at radius 1 is 0.459 bits per heavy atom. The summed E-state index contributed by atoms with van der Waals surface area (Å²) >= 11 is 0. The van der Waals surface area contributed by atoms with Crippen molar-refractivity contribution >= 4 is 40.3 Å². The Balaban J connectivity index is 5.89. The highest BCUT2D eigenvalue weighted by Gasteiger charge is 2.43. The predicted octanol–water partition coefficient (Wildman–Crippen LogP) is 4.61. The Labute approximate surface area is 230 Å². The average molecular weight is 603 g/mol. The molecular formula is C23H54O10Si4. The van der Waals surface area contributed by atoms with E-state index in [0.29, 0.717) is 18.6 Å². The molecule has 0 aromatic rings. The lowest BCUT2D eigenvalue weighted by Gasteiger charge is -2.35. The molecule has 0 bridgehead atoms. The molecule has 0 radical (unpaired) electrons. The Kier molecular flexibility index (Phi) is 19.4. The molecule has 0 heterocycles. The molecule has 222 valence electrons. The van der Waals surface area contributed by atoms with Crippen molar-refractivity contribution < 1.29 is 44.6 Å². The Morgan fingerprint density at radius 3 is 0.946 bits per heavy atom. The molecular weight excluding hydrogens is 549 g/mol. The summed E-state index contributed by atoms with van der Waals surface area (Å²) in [4.78, 5) is 12.4. The Morgan fingerprint density at radius 2 is 0.730 bits per heavy atom. The van der Waals surface area contributed by atoms with E-state index in [2.05, 4.69) is 0 Å². The first-order valence-electron chi connectivity index (χ1n) is 13.1. The molecule has 10 nitrogen and oxygen atoms in total. The van der Waals surface area contributed by atoms with Crippen molar-refractivity contribution in [2.45, 2.75) is 81.3 Å². The maximum Gasteiger partial charge on any atom is 0.500 e. The van der Waals surface area contributed by atoms with Crippen molar-refractivity contribution in [3.63, 3.8) is 0 Å². The summed E-state index contributed by atoms with van der Waals surface area (Å²) in [5, 5.41) is 0. The van der Waals surface area contributed by atoms with Gasteiger partial charge in [0.1, 0.15) is 5.78 Å². The summed E-state index contributed by atoms with van der Waals surface area (Å²) in [6.07, 6.45) is 3.97. The average Bonchev–Trinajstić information content (AvgIpc) is 2.95. The first-order chi connectivity index (χ1) is 17.6. The Bertz CT molecular complexity index is 513. The van der Waals surface area contributed by atoms with Crippen LogP contribution in [0.15, 0.2) is 0 Å². The van der Waals surface area contributed by atoms with Gasteiger partial charge in [-0.15, -0.1) is 0 Å². The fraction of sp³-hybridized carbons (Fsp3) is 0.957. The molecule has 0 saturated carbocycles. The molecule has 0 aliphatic carbocycles. The van der Waals surface area contributed by atoms with Gasteiger partial charge in [0.2, 0.25) is 0 Å². The van der Waals surface area contributed by atoms with E-state index in [0.717, 1.165) is 61.6 Å². The topological polar surface area (TPSA) is 100 Å². The zero-order chi connectivity index (χ0) is 28.4. The van der Waals surface area contributed by atoms with E-state index in [9.17, 15) is 4.79 Å². The maximum atomic E-state index is 12.4. The van der Waals surface area contributed by atoms with Crippen LogP contribution < -0.4 is 0 Å². The normalized spacial score (nSPS) is 13.4. The highest BCUT2D eigenvalue weighted by Crippen LogP contribution is 2.37. The molecule has 0 N–H and O–H groups in total. The zero-order valence-corrected chi connectivity index (χ0v) is 29.1. The van der Waals surface area contributed by atoms with E-state index >= 15 is 0 Å². The molecule has 0 aliphatic heterocycles. The van der Waals surface area contributed by atoms with Crippen molar-refractivity contribution in [2.75, 3.05) is 64.0 Å². The molecule has 0 aliphatic rings. The van der Waals surface area contributed by atoms with Crippen LogP contribution in [0.2, 0.25) is 42.3 Å². The molecule has 0 aromatic carbocycles. The minimum Gasteiger partial charge on any atom is -0.377 e. The van der Waals surface area contributed by atoms with Crippen LogP contribution in [0.1, 0.15) is 39.0 Å². The molecule has 0 amide bonds. The molecule has 0 atom stereocenters. The molecule has 0 saturated heterocycles. The summed E-state index contributed by atoms with van der Waals surface area (Å²) in [5.74, 6) is 0.315. The highest BCUT2D eigenvalue weighted by atomic mass is 28.4. The number of Topliss-reactive ketones (excluding diaryl/α,β-unsaturated/α-hetero) is 1. The first kappa shape index (κ1) is 37.2. The summed E-state index contributed by atoms with van der Waals surface area (Å²) < 4.78 is 51.1. The Hall–Kier alpha value is 0.178. The lowest BCUT2D eigenvalue weighted by molar-refractivity contribution is -0.118. The van der Waals surface area contributed by atoms with E-state index in [4.69, 9.17) is 39.8 Å². The molecule has 0 spiro atoms. The number of hydrogen-bond acceptors (Lipinski definition) is 10.